The fraction of sp³-hybridized carbons (Fsp3) is 0.231. The number of rotatable bonds is 6. The maximum Gasteiger partial charge on any atom is 0.332 e. The molecule has 0 unspecified atom stereocenters. The summed E-state index contributed by atoms with van der Waals surface area (Å²) in [5.41, 5.74) is 1.00. The second-order valence-corrected chi connectivity index (χ2v) is 3.48. The van der Waals surface area contributed by atoms with Crippen molar-refractivity contribution in [2.75, 3.05) is 11.9 Å². The smallest absolute Gasteiger partial charge is 0.332 e. The van der Waals surface area contributed by atoms with Crippen molar-refractivity contribution in [3.05, 3.63) is 42.1 Å². The molecule has 1 aromatic rings. The highest BCUT2D eigenvalue weighted by molar-refractivity contribution is 5.85. The monoisotopic (exact) mass is 249 g/mol. The molecule has 18 heavy (non-hydrogen) atoms. The summed E-state index contributed by atoms with van der Waals surface area (Å²) in [7, 11) is 0. The maximum atomic E-state index is 11.3. The number of benzene rings is 1. The fourth-order valence-electron chi connectivity index (χ4n) is 1.33. The standard InChI is InChI=1S/C13H15NO4/c1-2-18-13(17)9-11(8-12(15)16)14-10-6-4-3-5-7-10/h3-7,9,14H,2,8H2,1H3,(H,15,16)/b11-9-. The predicted molar refractivity (Wildman–Crippen MR) is 67.0 cm³/mol. The van der Waals surface area contributed by atoms with Gasteiger partial charge >= 0.3 is 11.9 Å². The van der Waals surface area contributed by atoms with Gasteiger partial charge in [0.25, 0.3) is 0 Å². The van der Waals surface area contributed by atoms with Gasteiger partial charge in [-0.25, -0.2) is 4.79 Å². The van der Waals surface area contributed by atoms with E-state index < -0.39 is 11.9 Å². The van der Waals surface area contributed by atoms with Crippen molar-refractivity contribution in [2.24, 2.45) is 0 Å². The number of para-hydroxylation sites is 1. The van der Waals surface area contributed by atoms with Crippen LogP contribution >= 0.6 is 0 Å². The molecule has 2 N–H and O–H groups in total. The summed E-state index contributed by atoms with van der Waals surface area (Å²) in [6, 6.07) is 9.02. The molecule has 0 spiro atoms. The van der Waals surface area contributed by atoms with Gasteiger partial charge in [0.2, 0.25) is 0 Å². The van der Waals surface area contributed by atoms with Crippen LogP contribution in [0.2, 0.25) is 0 Å². The van der Waals surface area contributed by atoms with Crippen molar-refractivity contribution in [2.45, 2.75) is 13.3 Å². The Kier molecular flexibility index (Phi) is 5.44. The summed E-state index contributed by atoms with van der Waals surface area (Å²) < 4.78 is 4.74. The summed E-state index contributed by atoms with van der Waals surface area (Å²) in [4.78, 5) is 22.0. The molecule has 0 aliphatic rings. The number of carboxylic acids is 1. The van der Waals surface area contributed by atoms with E-state index >= 15 is 0 Å². The second-order valence-electron chi connectivity index (χ2n) is 3.48. The number of nitrogens with one attached hydrogen (secondary N) is 1. The van der Waals surface area contributed by atoms with Crippen LogP contribution in [-0.2, 0) is 14.3 Å². The maximum absolute atomic E-state index is 11.3. The van der Waals surface area contributed by atoms with Crippen LogP contribution in [0, 0.1) is 0 Å². The zero-order valence-corrected chi connectivity index (χ0v) is 10.1. The number of hydrogen-bond acceptors (Lipinski definition) is 4. The third kappa shape index (κ3) is 5.16. The molecule has 0 bridgehead atoms. The Hall–Kier alpha value is -2.30. The zero-order valence-electron chi connectivity index (χ0n) is 10.1. The van der Waals surface area contributed by atoms with Gasteiger partial charge in [-0.1, -0.05) is 18.2 Å². The van der Waals surface area contributed by atoms with Gasteiger partial charge in [-0.2, -0.15) is 0 Å². The molecular weight excluding hydrogens is 234 g/mol. The number of carbonyl (C=O) groups is 2. The van der Waals surface area contributed by atoms with Gasteiger partial charge in [0.15, 0.2) is 0 Å². The molecule has 0 saturated carbocycles. The van der Waals surface area contributed by atoms with Crippen LogP contribution in [-0.4, -0.2) is 23.7 Å². The van der Waals surface area contributed by atoms with Gasteiger partial charge in [-0.3, -0.25) is 4.79 Å². The molecule has 1 aromatic carbocycles. The van der Waals surface area contributed by atoms with E-state index in [1.165, 1.54) is 0 Å². The molecule has 5 nitrogen and oxygen atoms in total. The van der Waals surface area contributed by atoms with Gasteiger partial charge in [-0.05, 0) is 19.1 Å². The van der Waals surface area contributed by atoms with Gasteiger partial charge < -0.3 is 15.2 Å². The Bertz CT molecular complexity index is 440. The summed E-state index contributed by atoms with van der Waals surface area (Å²) in [6.07, 6.45) is 0.887. The van der Waals surface area contributed by atoms with Gasteiger partial charge in [0, 0.05) is 17.5 Å². The molecule has 1 rings (SSSR count). The number of carbonyl (C=O) groups excluding carboxylic acids is 1. The van der Waals surface area contributed by atoms with Gasteiger partial charge in [0.05, 0.1) is 13.0 Å². The van der Waals surface area contributed by atoms with E-state index in [4.69, 9.17) is 9.84 Å². The van der Waals surface area contributed by atoms with Crippen molar-refractivity contribution < 1.29 is 19.4 Å². The molecule has 0 aliphatic heterocycles. The number of hydrogen-bond donors (Lipinski definition) is 2. The summed E-state index contributed by atoms with van der Waals surface area (Å²) in [6.45, 7) is 1.94. The lowest BCUT2D eigenvalue weighted by Crippen LogP contribution is -2.10. The minimum atomic E-state index is -1.02. The molecule has 0 aliphatic carbocycles. The van der Waals surface area contributed by atoms with E-state index in [-0.39, 0.29) is 18.7 Å². The third-order valence-electron chi connectivity index (χ3n) is 2.00. The molecule has 0 atom stereocenters. The van der Waals surface area contributed by atoms with Gasteiger partial charge in [0.1, 0.15) is 0 Å². The Labute approximate surface area is 105 Å². The van der Waals surface area contributed by atoms with E-state index in [0.717, 1.165) is 6.08 Å². The highest BCUT2D eigenvalue weighted by Gasteiger charge is 2.07. The lowest BCUT2D eigenvalue weighted by atomic mass is 10.2. The first kappa shape index (κ1) is 13.8. The average molecular weight is 249 g/mol. The molecule has 0 saturated heterocycles. The molecule has 0 fully saturated rings. The number of carboxylic acid groups (broad SMARTS) is 1. The number of aliphatic carboxylic acids is 1. The van der Waals surface area contributed by atoms with Crippen molar-refractivity contribution in [1.29, 1.82) is 0 Å². The van der Waals surface area contributed by atoms with Crippen molar-refractivity contribution >= 4 is 17.6 Å². The summed E-state index contributed by atoms with van der Waals surface area (Å²) in [5.74, 6) is -1.58. The van der Waals surface area contributed by atoms with Crippen LogP contribution in [0.3, 0.4) is 0 Å². The molecule has 96 valence electrons. The van der Waals surface area contributed by atoms with E-state index in [1.807, 2.05) is 18.2 Å². The van der Waals surface area contributed by atoms with E-state index in [2.05, 4.69) is 5.32 Å². The largest absolute Gasteiger partial charge is 0.481 e. The fourth-order valence-corrected chi connectivity index (χ4v) is 1.33. The van der Waals surface area contributed by atoms with Crippen LogP contribution in [0.4, 0.5) is 5.69 Å². The Balaban J connectivity index is 2.78. The highest BCUT2D eigenvalue weighted by Crippen LogP contribution is 2.11. The quantitative estimate of drug-likeness (QED) is 0.596. The normalized spacial score (nSPS) is 10.8. The molecule has 0 radical (unpaired) electrons. The molecule has 0 amide bonds. The summed E-state index contributed by atoms with van der Waals surface area (Å²) in [5, 5.41) is 11.7. The Morgan fingerprint density at radius 3 is 2.56 bits per heavy atom. The van der Waals surface area contributed by atoms with Crippen LogP contribution in [0.25, 0.3) is 0 Å². The van der Waals surface area contributed by atoms with Crippen molar-refractivity contribution in [3.63, 3.8) is 0 Å². The second kappa shape index (κ2) is 7.11. The first-order valence-corrected chi connectivity index (χ1v) is 5.53. The van der Waals surface area contributed by atoms with Gasteiger partial charge in [-0.15, -0.1) is 0 Å². The van der Waals surface area contributed by atoms with E-state index in [9.17, 15) is 9.59 Å². The SMILES string of the molecule is CCOC(=O)/C=C(/CC(=O)O)Nc1ccccc1. The highest BCUT2D eigenvalue weighted by atomic mass is 16.5. The minimum Gasteiger partial charge on any atom is -0.481 e. The topological polar surface area (TPSA) is 75.6 Å². The number of ether oxygens (including phenoxy) is 1. The van der Waals surface area contributed by atoms with Crippen LogP contribution < -0.4 is 5.32 Å². The lowest BCUT2D eigenvalue weighted by Gasteiger charge is -2.08. The van der Waals surface area contributed by atoms with Crippen LogP contribution in [0.5, 0.6) is 0 Å². The van der Waals surface area contributed by atoms with Crippen molar-refractivity contribution in [1.82, 2.24) is 0 Å². The Morgan fingerprint density at radius 2 is 2.00 bits per heavy atom. The van der Waals surface area contributed by atoms with Crippen LogP contribution in [0.1, 0.15) is 13.3 Å². The first-order valence-electron chi connectivity index (χ1n) is 5.53. The van der Waals surface area contributed by atoms with Crippen molar-refractivity contribution in [3.8, 4) is 0 Å². The zero-order chi connectivity index (χ0) is 13.4. The third-order valence-corrected chi connectivity index (χ3v) is 2.00. The average Bonchev–Trinajstić information content (AvgIpc) is 2.29. The van der Waals surface area contributed by atoms with E-state index in [1.54, 1.807) is 19.1 Å². The number of esters is 1. The minimum absolute atomic E-state index is 0.251. The Morgan fingerprint density at radius 1 is 1.33 bits per heavy atom. The predicted octanol–water partition coefficient (Wildman–Crippen LogP) is 2.02. The number of anilines is 1. The lowest BCUT2D eigenvalue weighted by molar-refractivity contribution is -0.137. The van der Waals surface area contributed by atoms with E-state index in [0.29, 0.717) is 5.69 Å². The molecular formula is C13H15NO4. The molecule has 5 heteroatoms. The summed E-state index contributed by atoms with van der Waals surface area (Å²) >= 11 is 0. The van der Waals surface area contributed by atoms with Crippen LogP contribution in [0.15, 0.2) is 42.1 Å². The molecule has 0 heterocycles. The first-order chi connectivity index (χ1) is 8.61. The molecule has 0 aromatic heterocycles.